The Morgan fingerprint density at radius 3 is 2.74 bits per heavy atom. The van der Waals surface area contributed by atoms with Crippen molar-refractivity contribution in [3.05, 3.63) is 12.2 Å². The van der Waals surface area contributed by atoms with Gasteiger partial charge in [0.2, 0.25) is 0 Å². The number of aliphatic hydroxyl groups excluding tert-OH is 1. The van der Waals surface area contributed by atoms with Crippen molar-refractivity contribution in [3.8, 4) is 0 Å². The summed E-state index contributed by atoms with van der Waals surface area (Å²) in [5, 5.41) is 21.1. The maximum Gasteiger partial charge on any atom is 0.309 e. The first-order valence-corrected chi connectivity index (χ1v) is 7.06. The first-order chi connectivity index (χ1) is 8.77. The molecule has 0 aromatic heterocycles. The Morgan fingerprint density at radius 1 is 1.37 bits per heavy atom. The van der Waals surface area contributed by atoms with E-state index in [1.165, 1.54) is 0 Å². The van der Waals surface area contributed by atoms with E-state index >= 15 is 0 Å². The van der Waals surface area contributed by atoms with Gasteiger partial charge in [-0.1, -0.05) is 20.4 Å². The van der Waals surface area contributed by atoms with Crippen molar-refractivity contribution in [1.82, 2.24) is 0 Å². The van der Waals surface area contributed by atoms with Gasteiger partial charge < -0.3 is 14.9 Å². The second kappa shape index (κ2) is 3.83. The van der Waals surface area contributed by atoms with Crippen LogP contribution in [-0.4, -0.2) is 34.0 Å². The molecule has 0 amide bonds. The Morgan fingerprint density at radius 2 is 2.05 bits per heavy atom. The van der Waals surface area contributed by atoms with E-state index in [0.29, 0.717) is 31.3 Å². The van der Waals surface area contributed by atoms with Gasteiger partial charge in [0.1, 0.15) is 6.10 Å². The molecule has 2 saturated carbocycles. The van der Waals surface area contributed by atoms with Crippen LogP contribution >= 0.6 is 0 Å². The molecule has 0 spiro atoms. The van der Waals surface area contributed by atoms with Crippen LogP contribution in [0.2, 0.25) is 0 Å². The summed E-state index contributed by atoms with van der Waals surface area (Å²) in [6.45, 7) is 7.84. The van der Waals surface area contributed by atoms with Crippen molar-refractivity contribution in [3.63, 3.8) is 0 Å². The Kier molecular flexibility index (Phi) is 2.64. The number of hydrogen-bond donors (Lipinski definition) is 2. The fourth-order valence-electron chi connectivity index (χ4n) is 4.41. The molecular weight excluding hydrogens is 244 g/mol. The van der Waals surface area contributed by atoms with Crippen LogP contribution in [0.1, 0.15) is 39.5 Å². The van der Waals surface area contributed by atoms with Gasteiger partial charge in [0.05, 0.1) is 17.6 Å². The predicted molar refractivity (Wildman–Crippen MR) is 69.2 cm³/mol. The normalized spacial score (nSPS) is 53.5. The molecule has 1 heterocycles. The lowest BCUT2D eigenvalue weighted by molar-refractivity contribution is -0.164. The lowest BCUT2D eigenvalue weighted by atomic mass is 9.52. The minimum atomic E-state index is -0.977. The van der Waals surface area contributed by atoms with Crippen LogP contribution < -0.4 is 0 Å². The van der Waals surface area contributed by atoms with E-state index in [0.717, 1.165) is 0 Å². The first kappa shape index (κ1) is 13.1. The smallest absolute Gasteiger partial charge is 0.309 e. The van der Waals surface area contributed by atoms with Crippen LogP contribution in [0.25, 0.3) is 0 Å². The molecule has 4 nitrogen and oxygen atoms in total. The van der Waals surface area contributed by atoms with Crippen LogP contribution in [0.3, 0.4) is 0 Å². The van der Waals surface area contributed by atoms with E-state index in [9.17, 15) is 15.0 Å². The molecule has 1 aliphatic heterocycles. The Balaban J connectivity index is 1.97. The number of hydrogen-bond acceptors (Lipinski definition) is 4. The van der Waals surface area contributed by atoms with Gasteiger partial charge in [-0.25, -0.2) is 0 Å². The molecule has 2 N–H and O–H groups in total. The van der Waals surface area contributed by atoms with Gasteiger partial charge in [0, 0.05) is 11.3 Å². The quantitative estimate of drug-likeness (QED) is 0.514. The summed E-state index contributed by atoms with van der Waals surface area (Å²) in [5.41, 5.74) is -0.721. The summed E-state index contributed by atoms with van der Waals surface area (Å²) in [5.74, 6) is -0.247. The van der Waals surface area contributed by atoms with Crippen molar-refractivity contribution in [2.75, 3.05) is 0 Å². The molecule has 106 valence electrons. The first-order valence-electron chi connectivity index (χ1n) is 7.06. The molecule has 1 saturated heterocycles. The third kappa shape index (κ3) is 1.62. The second-order valence-corrected chi connectivity index (χ2v) is 6.92. The van der Waals surface area contributed by atoms with Crippen LogP contribution in [0.15, 0.2) is 12.2 Å². The lowest BCUT2D eigenvalue weighted by Gasteiger charge is -2.56. The molecule has 3 rings (SSSR count). The highest BCUT2D eigenvalue weighted by molar-refractivity contribution is 5.75. The van der Waals surface area contributed by atoms with E-state index in [2.05, 4.69) is 6.58 Å². The van der Waals surface area contributed by atoms with E-state index < -0.39 is 17.1 Å². The molecule has 3 aliphatic rings. The minimum Gasteiger partial charge on any atom is -0.462 e. The molecule has 0 radical (unpaired) electrons. The number of aliphatic hydroxyl groups is 2. The fraction of sp³-hybridized carbons (Fsp3) is 0.800. The maximum atomic E-state index is 11.7. The largest absolute Gasteiger partial charge is 0.462 e. The number of ether oxygens (including phenoxy) is 1. The van der Waals surface area contributed by atoms with Gasteiger partial charge in [0.15, 0.2) is 0 Å². The van der Waals surface area contributed by atoms with Crippen LogP contribution in [0, 0.1) is 17.3 Å². The van der Waals surface area contributed by atoms with Crippen molar-refractivity contribution in [2.45, 2.75) is 57.3 Å². The average molecular weight is 266 g/mol. The zero-order valence-corrected chi connectivity index (χ0v) is 11.6. The summed E-state index contributed by atoms with van der Waals surface area (Å²) in [6.07, 6.45) is 1.55. The van der Waals surface area contributed by atoms with Crippen LogP contribution in [-0.2, 0) is 9.53 Å². The van der Waals surface area contributed by atoms with Crippen molar-refractivity contribution in [1.29, 1.82) is 0 Å². The number of fused-ring (bicyclic) bond motifs is 2. The Hall–Kier alpha value is -0.870. The molecule has 4 heteroatoms. The molecule has 6 atom stereocenters. The zero-order valence-electron chi connectivity index (χ0n) is 11.6. The molecule has 0 aromatic carbocycles. The Labute approximate surface area is 113 Å². The van der Waals surface area contributed by atoms with Crippen molar-refractivity contribution in [2.24, 2.45) is 17.3 Å². The molecule has 6 unspecified atom stereocenters. The molecule has 19 heavy (non-hydrogen) atoms. The minimum absolute atomic E-state index is 0.0672. The number of carbonyl (C=O) groups excluding carboxylic acids is 1. The summed E-state index contributed by atoms with van der Waals surface area (Å²) in [6, 6.07) is 0. The third-order valence-corrected chi connectivity index (χ3v) is 5.69. The topological polar surface area (TPSA) is 66.8 Å². The van der Waals surface area contributed by atoms with E-state index in [4.69, 9.17) is 4.74 Å². The van der Waals surface area contributed by atoms with Gasteiger partial charge in [-0.2, -0.15) is 0 Å². The van der Waals surface area contributed by atoms with Gasteiger partial charge in [0.25, 0.3) is 0 Å². The average Bonchev–Trinajstić information content (AvgIpc) is 2.54. The standard InChI is InChI=1S/C15H22O4/c1-8-4-10(16)5-14(3)7-12-11(6-15(8,14)18)9(2)13(17)19-12/h9-12,16,18H,1,4-7H2,2-3H3. The third-order valence-electron chi connectivity index (χ3n) is 5.69. The van der Waals surface area contributed by atoms with Crippen molar-refractivity contribution < 1.29 is 19.7 Å². The SMILES string of the molecule is C=C1CC(O)CC2(C)CC3OC(=O)C(C)C3CC12O. The second-order valence-electron chi connectivity index (χ2n) is 6.92. The Bertz CT molecular complexity index is 445. The highest BCUT2D eigenvalue weighted by atomic mass is 16.6. The molecule has 0 aromatic rings. The van der Waals surface area contributed by atoms with Crippen molar-refractivity contribution >= 4 is 5.97 Å². The number of esters is 1. The summed E-state index contributed by atoms with van der Waals surface area (Å²) < 4.78 is 5.45. The van der Waals surface area contributed by atoms with Gasteiger partial charge >= 0.3 is 5.97 Å². The molecule has 2 aliphatic carbocycles. The van der Waals surface area contributed by atoms with Gasteiger partial charge in [-0.3, -0.25) is 4.79 Å². The van der Waals surface area contributed by atoms with Crippen LogP contribution in [0.5, 0.6) is 0 Å². The van der Waals surface area contributed by atoms with Gasteiger partial charge in [-0.05, 0) is 31.3 Å². The van der Waals surface area contributed by atoms with E-state index in [1.807, 2.05) is 13.8 Å². The van der Waals surface area contributed by atoms with E-state index in [1.54, 1.807) is 0 Å². The monoisotopic (exact) mass is 266 g/mol. The summed E-state index contributed by atoms with van der Waals surface area (Å²) in [7, 11) is 0. The highest BCUT2D eigenvalue weighted by Gasteiger charge is 2.62. The van der Waals surface area contributed by atoms with E-state index in [-0.39, 0.29) is 23.9 Å². The molecular formula is C15H22O4. The highest BCUT2D eigenvalue weighted by Crippen LogP contribution is 2.59. The van der Waals surface area contributed by atoms with Crippen LogP contribution in [0.4, 0.5) is 0 Å². The number of carbonyl (C=O) groups is 1. The maximum absolute atomic E-state index is 11.7. The lowest BCUT2D eigenvalue weighted by Crippen LogP contribution is -2.59. The summed E-state index contributed by atoms with van der Waals surface area (Å²) in [4.78, 5) is 11.7. The molecule has 0 bridgehead atoms. The predicted octanol–water partition coefficient (Wildman–Crippen LogP) is 1.41. The number of rotatable bonds is 0. The van der Waals surface area contributed by atoms with Gasteiger partial charge in [-0.15, -0.1) is 0 Å². The fourth-order valence-corrected chi connectivity index (χ4v) is 4.41. The zero-order chi connectivity index (χ0) is 14.0. The summed E-state index contributed by atoms with van der Waals surface area (Å²) >= 11 is 0. The molecule has 3 fully saturated rings.